The molecule has 3 aromatic rings. The highest BCUT2D eigenvalue weighted by atomic mass is 16.1. The summed E-state index contributed by atoms with van der Waals surface area (Å²) in [5.74, 6) is -0.294. The summed E-state index contributed by atoms with van der Waals surface area (Å²) in [6, 6.07) is 15.4. The average Bonchev–Trinajstić information content (AvgIpc) is 3.09. The molecule has 1 amide bonds. The Balaban J connectivity index is 1.86. The predicted molar refractivity (Wildman–Crippen MR) is 87.1 cm³/mol. The van der Waals surface area contributed by atoms with Gasteiger partial charge in [0.2, 0.25) is 5.91 Å². The van der Waals surface area contributed by atoms with Crippen molar-refractivity contribution in [2.75, 3.05) is 5.32 Å². The molecular formula is C18H17N3O. The van der Waals surface area contributed by atoms with Crippen LogP contribution in [0.2, 0.25) is 0 Å². The first kappa shape index (κ1) is 14.1. The normalized spacial score (nSPS) is 11.9. The van der Waals surface area contributed by atoms with Crippen LogP contribution in [0.5, 0.6) is 0 Å². The lowest BCUT2D eigenvalue weighted by Crippen LogP contribution is -2.20. The molecule has 0 fully saturated rings. The third-order valence-electron chi connectivity index (χ3n) is 3.63. The van der Waals surface area contributed by atoms with Gasteiger partial charge in [-0.05, 0) is 42.8 Å². The fraction of sp³-hybridized carbons (Fsp3) is 0.111. The highest BCUT2D eigenvalue weighted by molar-refractivity contribution is 5.96. The van der Waals surface area contributed by atoms with E-state index in [1.54, 1.807) is 24.5 Å². The lowest BCUT2D eigenvalue weighted by molar-refractivity contribution is -0.117. The maximum absolute atomic E-state index is 12.5. The van der Waals surface area contributed by atoms with Crippen molar-refractivity contribution in [1.29, 1.82) is 0 Å². The number of para-hydroxylation sites is 1. The molecule has 2 aromatic heterocycles. The maximum atomic E-state index is 12.5. The van der Waals surface area contributed by atoms with Gasteiger partial charge in [0.1, 0.15) is 0 Å². The van der Waals surface area contributed by atoms with E-state index in [2.05, 4.69) is 10.3 Å². The predicted octanol–water partition coefficient (Wildman–Crippen LogP) is 3.61. The minimum atomic E-state index is -0.258. The van der Waals surface area contributed by atoms with Gasteiger partial charge in [0.25, 0.3) is 0 Å². The Bertz CT molecular complexity index is 751. The molecule has 0 spiro atoms. The van der Waals surface area contributed by atoms with Crippen molar-refractivity contribution in [2.24, 2.45) is 0 Å². The minimum Gasteiger partial charge on any atom is -0.325 e. The van der Waals surface area contributed by atoms with E-state index < -0.39 is 0 Å². The van der Waals surface area contributed by atoms with Gasteiger partial charge >= 0.3 is 0 Å². The van der Waals surface area contributed by atoms with Crippen LogP contribution in [0, 0.1) is 0 Å². The standard InChI is InChI=1S/C18H17N3O/c1-14(18(22)20-15-8-10-19-11-9-15)16-6-2-3-7-17(16)21-12-4-5-13-21/h2-14H,1H3,(H,19,20,22). The van der Waals surface area contributed by atoms with Gasteiger partial charge in [-0.15, -0.1) is 0 Å². The zero-order valence-electron chi connectivity index (χ0n) is 12.3. The van der Waals surface area contributed by atoms with E-state index in [0.717, 1.165) is 16.9 Å². The van der Waals surface area contributed by atoms with Gasteiger partial charge in [-0.2, -0.15) is 0 Å². The summed E-state index contributed by atoms with van der Waals surface area (Å²) in [5, 5.41) is 2.92. The number of benzene rings is 1. The van der Waals surface area contributed by atoms with Gasteiger partial charge in [-0.25, -0.2) is 0 Å². The molecule has 22 heavy (non-hydrogen) atoms. The summed E-state index contributed by atoms with van der Waals surface area (Å²) >= 11 is 0. The van der Waals surface area contributed by atoms with Gasteiger partial charge in [-0.3, -0.25) is 9.78 Å². The largest absolute Gasteiger partial charge is 0.325 e. The molecule has 1 unspecified atom stereocenters. The number of hydrogen-bond acceptors (Lipinski definition) is 2. The molecule has 1 N–H and O–H groups in total. The fourth-order valence-electron chi connectivity index (χ4n) is 2.41. The third-order valence-corrected chi connectivity index (χ3v) is 3.63. The number of carbonyl (C=O) groups is 1. The third kappa shape index (κ3) is 2.91. The molecule has 3 rings (SSSR count). The second-order valence-corrected chi connectivity index (χ2v) is 5.10. The van der Waals surface area contributed by atoms with Crippen LogP contribution < -0.4 is 5.32 Å². The van der Waals surface area contributed by atoms with Crippen molar-refractivity contribution in [3.63, 3.8) is 0 Å². The molecular weight excluding hydrogens is 274 g/mol. The van der Waals surface area contributed by atoms with E-state index in [4.69, 9.17) is 0 Å². The topological polar surface area (TPSA) is 46.9 Å². The molecule has 1 atom stereocenters. The number of nitrogens with zero attached hydrogens (tertiary/aromatic N) is 2. The Morgan fingerprint density at radius 1 is 1.05 bits per heavy atom. The number of amides is 1. The molecule has 1 aromatic carbocycles. The van der Waals surface area contributed by atoms with E-state index in [9.17, 15) is 4.79 Å². The second kappa shape index (κ2) is 6.26. The zero-order chi connectivity index (χ0) is 15.4. The lowest BCUT2D eigenvalue weighted by Gasteiger charge is -2.17. The van der Waals surface area contributed by atoms with Crippen molar-refractivity contribution >= 4 is 11.6 Å². The second-order valence-electron chi connectivity index (χ2n) is 5.10. The van der Waals surface area contributed by atoms with Crippen LogP contribution in [0.4, 0.5) is 5.69 Å². The van der Waals surface area contributed by atoms with E-state index in [1.165, 1.54) is 0 Å². The van der Waals surface area contributed by atoms with Crippen LogP contribution >= 0.6 is 0 Å². The maximum Gasteiger partial charge on any atom is 0.231 e. The Hall–Kier alpha value is -2.88. The molecule has 0 saturated heterocycles. The first-order valence-corrected chi connectivity index (χ1v) is 7.19. The number of carbonyl (C=O) groups excluding carboxylic acids is 1. The first-order valence-electron chi connectivity index (χ1n) is 7.19. The van der Waals surface area contributed by atoms with Crippen molar-refractivity contribution in [3.05, 3.63) is 78.9 Å². The Morgan fingerprint density at radius 3 is 2.45 bits per heavy atom. The molecule has 0 aliphatic heterocycles. The van der Waals surface area contributed by atoms with Crippen molar-refractivity contribution in [3.8, 4) is 5.69 Å². The Kier molecular flexibility index (Phi) is 4.01. The van der Waals surface area contributed by atoms with Crippen LogP contribution in [0.15, 0.2) is 73.3 Å². The van der Waals surface area contributed by atoms with E-state index in [1.807, 2.05) is 60.3 Å². The molecule has 0 aliphatic rings. The summed E-state index contributed by atoms with van der Waals surface area (Å²) in [6.07, 6.45) is 7.28. The van der Waals surface area contributed by atoms with Crippen LogP contribution in [0.25, 0.3) is 5.69 Å². The molecule has 0 bridgehead atoms. The van der Waals surface area contributed by atoms with Gasteiger partial charge < -0.3 is 9.88 Å². The molecule has 0 saturated carbocycles. The minimum absolute atomic E-state index is 0.0363. The summed E-state index contributed by atoms with van der Waals surface area (Å²) in [6.45, 7) is 1.92. The Labute approximate surface area is 129 Å². The number of pyridine rings is 1. The number of rotatable bonds is 4. The summed E-state index contributed by atoms with van der Waals surface area (Å²) in [5.41, 5.74) is 2.76. The number of anilines is 1. The van der Waals surface area contributed by atoms with Gasteiger partial charge in [0.15, 0.2) is 0 Å². The summed E-state index contributed by atoms with van der Waals surface area (Å²) in [4.78, 5) is 16.4. The molecule has 0 radical (unpaired) electrons. The fourth-order valence-corrected chi connectivity index (χ4v) is 2.41. The summed E-state index contributed by atoms with van der Waals surface area (Å²) < 4.78 is 2.02. The average molecular weight is 291 g/mol. The van der Waals surface area contributed by atoms with Crippen molar-refractivity contribution in [1.82, 2.24) is 9.55 Å². The van der Waals surface area contributed by atoms with Crippen LogP contribution in [0.1, 0.15) is 18.4 Å². The van der Waals surface area contributed by atoms with E-state index in [-0.39, 0.29) is 11.8 Å². The van der Waals surface area contributed by atoms with Crippen molar-refractivity contribution in [2.45, 2.75) is 12.8 Å². The lowest BCUT2D eigenvalue weighted by atomic mass is 9.98. The number of hydrogen-bond donors (Lipinski definition) is 1. The SMILES string of the molecule is CC(C(=O)Nc1ccncc1)c1ccccc1-n1cccc1. The molecule has 0 aliphatic carbocycles. The van der Waals surface area contributed by atoms with Crippen LogP contribution in [-0.2, 0) is 4.79 Å². The van der Waals surface area contributed by atoms with Crippen LogP contribution in [0.3, 0.4) is 0 Å². The number of aromatic nitrogens is 2. The van der Waals surface area contributed by atoms with Crippen molar-refractivity contribution < 1.29 is 4.79 Å². The van der Waals surface area contributed by atoms with E-state index >= 15 is 0 Å². The monoisotopic (exact) mass is 291 g/mol. The van der Waals surface area contributed by atoms with Crippen LogP contribution in [-0.4, -0.2) is 15.5 Å². The quantitative estimate of drug-likeness (QED) is 0.798. The number of nitrogens with one attached hydrogen (secondary N) is 1. The van der Waals surface area contributed by atoms with Gasteiger partial charge in [0.05, 0.1) is 5.92 Å². The highest BCUT2D eigenvalue weighted by Gasteiger charge is 2.18. The van der Waals surface area contributed by atoms with Gasteiger partial charge in [-0.1, -0.05) is 18.2 Å². The molecule has 4 heteroatoms. The first-order chi connectivity index (χ1) is 10.8. The molecule has 2 heterocycles. The zero-order valence-corrected chi connectivity index (χ0v) is 12.3. The molecule has 4 nitrogen and oxygen atoms in total. The highest BCUT2D eigenvalue weighted by Crippen LogP contribution is 2.24. The summed E-state index contributed by atoms with van der Waals surface area (Å²) in [7, 11) is 0. The molecule has 110 valence electrons. The smallest absolute Gasteiger partial charge is 0.231 e. The van der Waals surface area contributed by atoms with E-state index in [0.29, 0.717) is 0 Å². The Morgan fingerprint density at radius 2 is 1.73 bits per heavy atom. The van der Waals surface area contributed by atoms with Gasteiger partial charge in [0, 0.05) is 36.2 Å².